The van der Waals surface area contributed by atoms with Crippen molar-refractivity contribution >= 4 is 31.9 Å². The summed E-state index contributed by atoms with van der Waals surface area (Å²) in [5, 5.41) is 0. The molecule has 0 aliphatic carbocycles. The van der Waals surface area contributed by atoms with Gasteiger partial charge in [-0.25, -0.2) is 9.97 Å². The average molecular weight is 715 g/mol. The molecule has 1 saturated heterocycles. The molecule has 0 amide bonds. The Balaban J connectivity index is 1.53. The van der Waals surface area contributed by atoms with Gasteiger partial charge in [0.2, 0.25) is 0 Å². The van der Waals surface area contributed by atoms with Gasteiger partial charge in [-0.1, -0.05) is 0 Å². The Morgan fingerprint density at radius 2 is 0.939 bits per heavy atom. The second-order valence-corrected chi connectivity index (χ2v) is 14.4. The van der Waals surface area contributed by atoms with Crippen molar-refractivity contribution in [2.75, 3.05) is 62.8 Å². The maximum absolute atomic E-state index is 12.4. The fourth-order valence-electron chi connectivity index (χ4n) is 5.96. The van der Waals surface area contributed by atoms with Gasteiger partial charge in [0.15, 0.2) is 0 Å². The monoisotopic (exact) mass is 714 g/mol. The quantitative estimate of drug-likeness (QED) is 0.201. The van der Waals surface area contributed by atoms with Gasteiger partial charge in [0.1, 0.15) is 34.6 Å². The molecule has 14 nitrogen and oxygen atoms in total. The van der Waals surface area contributed by atoms with Gasteiger partial charge in [0.25, 0.3) is 20.2 Å². The van der Waals surface area contributed by atoms with E-state index in [2.05, 4.69) is 9.97 Å². The first kappa shape index (κ1) is 35.7. The molecule has 0 saturated carbocycles. The molecule has 2 aromatic heterocycles. The van der Waals surface area contributed by atoms with E-state index in [1.807, 2.05) is 24.3 Å². The fourth-order valence-corrected chi connectivity index (χ4v) is 7.63. The van der Waals surface area contributed by atoms with Gasteiger partial charge in [0, 0.05) is 48.7 Å². The van der Waals surface area contributed by atoms with Crippen LogP contribution in [-0.4, -0.2) is 101 Å². The molecule has 2 atom stereocenters. The summed E-state index contributed by atoms with van der Waals surface area (Å²) in [6.45, 7) is 0.527. The third-order valence-electron chi connectivity index (χ3n) is 8.26. The van der Waals surface area contributed by atoms with Gasteiger partial charge in [-0.2, -0.15) is 16.8 Å². The summed E-state index contributed by atoms with van der Waals surface area (Å²) in [4.78, 5) is 12.5. The van der Waals surface area contributed by atoms with Gasteiger partial charge in [-0.15, -0.1) is 0 Å². The van der Waals surface area contributed by atoms with Crippen LogP contribution in [0.15, 0.2) is 73.1 Å². The minimum atomic E-state index is -4.64. The zero-order valence-electron chi connectivity index (χ0n) is 27.4. The number of hydrogen-bond donors (Lipinski definition) is 2. The Morgan fingerprint density at radius 3 is 1.20 bits per heavy atom. The van der Waals surface area contributed by atoms with Gasteiger partial charge in [-0.3, -0.25) is 9.11 Å². The van der Waals surface area contributed by atoms with Crippen LogP contribution in [0.1, 0.15) is 6.42 Å². The summed E-state index contributed by atoms with van der Waals surface area (Å²) < 4.78 is 91.4. The van der Waals surface area contributed by atoms with Crippen molar-refractivity contribution in [2.45, 2.75) is 18.5 Å². The predicted octanol–water partition coefficient (Wildman–Crippen LogP) is 4.07. The molecule has 2 N–H and O–H groups in total. The van der Waals surface area contributed by atoms with Crippen LogP contribution < -0.4 is 28.7 Å². The van der Waals surface area contributed by atoms with E-state index in [0.717, 1.165) is 22.3 Å². The van der Waals surface area contributed by atoms with E-state index >= 15 is 0 Å². The third-order valence-corrected chi connectivity index (χ3v) is 9.78. The highest BCUT2D eigenvalue weighted by Gasteiger charge is 2.40. The molecule has 49 heavy (non-hydrogen) atoms. The molecule has 1 aliphatic heterocycles. The third kappa shape index (κ3) is 8.89. The molecule has 0 radical (unpaired) electrons. The maximum atomic E-state index is 12.4. The Morgan fingerprint density at radius 1 is 0.592 bits per heavy atom. The van der Waals surface area contributed by atoms with Crippen molar-refractivity contribution in [3.8, 4) is 45.3 Å². The first-order chi connectivity index (χ1) is 23.3. The summed E-state index contributed by atoms with van der Waals surface area (Å²) >= 11 is 0. The van der Waals surface area contributed by atoms with Gasteiger partial charge in [-0.05, 0) is 66.1 Å². The molecule has 1 aliphatic rings. The molecule has 1 fully saturated rings. The van der Waals surface area contributed by atoms with Crippen molar-refractivity contribution in [3.63, 3.8) is 0 Å². The van der Waals surface area contributed by atoms with Crippen LogP contribution >= 0.6 is 0 Å². The molecular weight excluding hydrogens is 677 g/mol. The largest absolute Gasteiger partial charge is 0.497 e. The van der Waals surface area contributed by atoms with E-state index in [-0.39, 0.29) is 13.1 Å². The van der Waals surface area contributed by atoms with Gasteiger partial charge >= 0.3 is 0 Å². The molecule has 2 unspecified atom stereocenters. The van der Waals surface area contributed by atoms with Crippen LogP contribution in [0.4, 0.5) is 11.6 Å². The highest BCUT2D eigenvalue weighted by atomic mass is 32.2. The van der Waals surface area contributed by atoms with Crippen molar-refractivity contribution in [1.82, 2.24) is 9.97 Å². The van der Waals surface area contributed by atoms with E-state index in [1.54, 1.807) is 87.0 Å². The number of anilines is 2. The maximum Gasteiger partial charge on any atom is 0.266 e. The van der Waals surface area contributed by atoms with Crippen LogP contribution in [0.3, 0.4) is 0 Å². The molecule has 5 rings (SSSR count). The van der Waals surface area contributed by atoms with Crippen molar-refractivity contribution in [2.24, 2.45) is 0 Å². The first-order valence-corrected chi connectivity index (χ1v) is 18.3. The lowest BCUT2D eigenvalue weighted by Crippen LogP contribution is -2.56. The van der Waals surface area contributed by atoms with Crippen molar-refractivity contribution in [1.29, 1.82) is 0 Å². The molecule has 0 bridgehead atoms. The molecule has 16 heteroatoms. The smallest absolute Gasteiger partial charge is 0.266 e. The summed E-state index contributed by atoms with van der Waals surface area (Å²) in [5.74, 6) is 1.36. The number of hydrogen-bond acceptors (Lipinski definition) is 12. The Bertz CT molecular complexity index is 1790. The average Bonchev–Trinajstić information content (AvgIpc) is 3.25. The Labute approximate surface area is 285 Å². The summed E-state index contributed by atoms with van der Waals surface area (Å²) in [6, 6.07) is 15.4. The number of methoxy groups -OCH3 is 4. The van der Waals surface area contributed by atoms with Crippen LogP contribution in [0.25, 0.3) is 22.3 Å². The standard InChI is InChI=1S/C33H38N4O10S2/c1-44-26-12-24(13-27(16-26)45-2)22-6-8-32(34-18-22)36-10-5-11-37(31(21-49(41,42)43)30(36)20-48(38,39)40)33-9-7-23(19-35-33)25-14-28(46-3)17-29(15-25)47-4/h6-9,12-19,30-31H,5,10-11,20-21H2,1-4H3,(H,38,39,40)(H,41,42,43). The minimum Gasteiger partial charge on any atom is -0.497 e. The highest BCUT2D eigenvalue weighted by Crippen LogP contribution is 2.34. The lowest BCUT2D eigenvalue weighted by molar-refractivity contribution is 0.394. The summed E-state index contributed by atoms with van der Waals surface area (Å²) in [6.07, 6.45) is 3.64. The molecular formula is C33H38N4O10S2. The minimum absolute atomic E-state index is 0.264. The number of aromatic nitrogens is 2. The summed E-state index contributed by atoms with van der Waals surface area (Å²) in [7, 11) is -3.11. The van der Waals surface area contributed by atoms with E-state index in [0.29, 0.717) is 41.1 Å². The van der Waals surface area contributed by atoms with Crippen molar-refractivity contribution in [3.05, 3.63) is 73.1 Å². The van der Waals surface area contributed by atoms with E-state index in [9.17, 15) is 25.9 Å². The lowest BCUT2D eigenvalue weighted by Gasteiger charge is -2.39. The molecule has 4 aromatic rings. The number of nitrogens with zero attached hydrogens (tertiary/aromatic N) is 4. The summed E-state index contributed by atoms with van der Waals surface area (Å²) in [5.41, 5.74) is 2.96. The zero-order valence-corrected chi connectivity index (χ0v) is 29.0. The van der Waals surface area contributed by atoms with Crippen LogP contribution in [-0.2, 0) is 20.2 Å². The fraction of sp³-hybridized carbons (Fsp3) is 0.333. The Kier molecular flexibility index (Phi) is 10.8. The number of benzene rings is 2. The Hall–Kier alpha value is -4.64. The van der Waals surface area contributed by atoms with E-state index in [4.69, 9.17) is 18.9 Å². The zero-order chi connectivity index (χ0) is 35.3. The van der Waals surface area contributed by atoms with E-state index < -0.39 is 43.8 Å². The topological polar surface area (TPSA) is 178 Å². The van der Waals surface area contributed by atoms with Crippen molar-refractivity contribution < 1.29 is 44.9 Å². The number of pyridine rings is 2. The molecule has 262 valence electrons. The van der Waals surface area contributed by atoms with Crippen LogP contribution in [0, 0.1) is 0 Å². The first-order valence-electron chi connectivity index (χ1n) is 15.1. The number of ether oxygens (including phenoxy) is 4. The lowest BCUT2D eigenvalue weighted by atomic mass is 10.1. The highest BCUT2D eigenvalue weighted by molar-refractivity contribution is 7.86. The molecule has 3 heterocycles. The normalized spacial score (nSPS) is 16.9. The van der Waals surface area contributed by atoms with Crippen LogP contribution in [0.2, 0.25) is 0 Å². The van der Waals surface area contributed by atoms with Crippen LogP contribution in [0.5, 0.6) is 23.0 Å². The van der Waals surface area contributed by atoms with E-state index in [1.165, 1.54) is 0 Å². The van der Waals surface area contributed by atoms with Gasteiger partial charge < -0.3 is 28.7 Å². The second kappa shape index (κ2) is 14.9. The predicted molar refractivity (Wildman–Crippen MR) is 185 cm³/mol. The molecule has 2 aromatic carbocycles. The molecule has 0 spiro atoms. The second-order valence-electron chi connectivity index (χ2n) is 11.4. The van der Waals surface area contributed by atoms with Gasteiger partial charge in [0.05, 0.1) is 52.0 Å². The number of rotatable bonds is 12. The SMILES string of the molecule is COc1cc(OC)cc(-c2ccc(N3CCCN(c4ccc(-c5cc(OC)cc(OC)c5)cn4)C(CS(=O)(=O)O)C3CS(=O)(=O)O)nc2)c1.